The fraction of sp³-hybridized carbons (Fsp3) is 0.444. The van der Waals surface area contributed by atoms with Crippen molar-refractivity contribution in [3.8, 4) is 5.69 Å². The van der Waals surface area contributed by atoms with Crippen LogP contribution in [0.15, 0.2) is 28.7 Å². The average Bonchev–Trinajstić information content (AvgIpc) is 3.29. The van der Waals surface area contributed by atoms with E-state index in [1.165, 1.54) is 12.1 Å². The van der Waals surface area contributed by atoms with E-state index in [2.05, 4.69) is 31.7 Å². The minimum absolute atomic E-state index is 0.0457. The van der Waals surface area contributed by atoms with Crippen molar-refractivity contribution >= 4 is 21.8 Å². The van der Waals surface area contributed by atoms with E-state index in [0.29, 0.717) is 18.3 Å². The summed E-state index contributed by atoms with van der Waals surface area (Å²) in [7, 11) is 0. The van der Waals surface area contributed by atoms with Crippen LogP contribution >= 0.6 is 15.9 Å². The molecule has 126 valence electrons. The number of aromatic nitrogens is 2. The number of hydrogen-bond donors (Lipinski definition) is 2. The van der Waals surface area contributed by atoms with Gasteiger partial charge in [-0.15, -0.1) is 0 Å². The van der Waals surface area contributed by atoms with Crippen molar-refractivity contribution in [1.29, 1.82) is 0 Å². The molecule has 4 rings (SSSR count). The Morgan fingerprint density at radius 1 is 1.38 bits per heavy atom. The molecule has 2 N–H and O–H groups in total. The van der Waals surface area contributed by atoms with Gasteiger partial charge >= 0.3 is 0 Å². The van der Waals surface area contributed by atoms with Gasteiger partial charge in [0.05, 0.1) is 5.69 Å². The van der Waals surface area contributed by atoms with E-state index in [1.807, 2.05) is 28.9 Å². The second-order valence-electron chi connectivity index (χ2n) is 6.52. The molecule has 2 aromatic rings. The molecule has 0 radical (unpaired) electrons. The van der Waals surface area contributed by atoms with Crippen LogP contribution in [-0.4, -0.2) is 34.8 Å². The lowest BCUT2D eigenvalue weighted by Crippen LogP contribution is -2.37. The molecule has 1 aliphatic heterocycles. The molecule has 1 fully saturated rings. The normalized spacial score (nSPS) is 19.5. The number of fused-ring (bicyclic) bond motifs is 1. The quantitative estimate of drug-likeness (QED) is 0.845. The summed E-state index contributed by atoms with van der Waals surface area (Å²) < 4.78 is 2.95. The SMILES string of the molecule is O=C(NCC1CCCN1)c1nn(-c2cccc(Br)c2)c2c1CCC2. The summed E-state index contributed by atoms with van der Waals surface area (Å²) in [4.78, 5) is 12.6. The summed E-state index contributed by atoms with van der Waals surface area (Å²) in [5, 5.41) is 11.1. The molecule has 2 aliphatic rings. The maximum absolute atomic E-state index is 12.6. The number of carbonyl (C=O) groups is 1. The summed E-state index contributed by atoms with van der Waals surface area (Å²) in [5.41, 5.74) is 3.89. The van der Waals surface area contributed by atoms with Gasteiger partial charge in [-0.3, -0.25) is 4.79 Å². The lowest BCUT2D eigenvalue weighted by atomic mass is 10.2. The Balaban J connectivity index is 1.59. The fourth-order valence-electron chi connectivity index (χ4n) is 3.67. The monoisotopic (exact) mass is 388 g/mol. The number of amides is 1. The third-order valence-corrected chi connectivity index (χ3v) is 5.36. The summed E-state index contributed by atoms with van der Waals surface area (Å²) in [6.45, 7) is 1.73. The van der Waals surface area contributed by atoms with Gasteiger partial charge in [0, 0.05) is 28.3 Å². The van der Waals surface area contributed by atoms with Gasteiger partial charge in [0.2, 0.25) is 0 Å². The van der Waals surface area contributed by atoms with Crippen molar-refractivity contribution in [1.82, 2.24) is 20.4 Å². The standard InChI is InChI=1S/C18H21BrN4O/c19-12-4-1-6-14(10-12)23-16-8-2-7-15(16)17(22-23)18(24)21-11-13-5-3-9-20-13/h1,4,6,10,13,20H,2-3,5,7-9,11H2,(H,21,24). The smallest absolute Gasteiger partial charge is 0.272 e. The van der Waals surface area contributed by atoms with Crippen molar-refractivity contribution in [2.75, 3.05) is 13.1 Å². The van der Waals surface area contributed by atoms with Crippen molar-refractivity contribution in [2.45, 2.75) is 38.1 Å². The Kier molecular flexibility index (Phi) is 4.41. The molecular weight excluding hydrogens is 368 g/mol. The average molecular weight is 389 g/mol. The number of rotatable bonds is 4. The highest BCUT2D eigenvalue weighted by Crippen LogP contribution is 2.28. The minimum Gasteiger partial charge on any atom is -0.349 e. The van der Waals surface area contributed by atoms with Crippen molar-refractivity contribution in [3.05, 3.63) is 45.7 Å². The lowest BCUT2D eigenvalue weighted by molar-refractivity contribution is 0.0944. The summed E-state index contributed by atoms with van der Waals surface area (Å²) in [6, 6.07) is 8.45. The highest BCUT2D eigenvalue weighted by atomic mass is 79.9. The first-order valence-corrected chi connectivity index (χ1v) is 9.40. The van der Waals surface area contributed by atoms with Crippen LogP contribution in [0.4, 0.5) is 0 Å². The Hall–Kier alpha value is -1.66. The minimum atomic E-state index is -0.0457. The Morgan fingerprint density at radius 2 is 2.29 bits per heavy atom. The van der Waals surface area contributed by atoms with Crippen LogP contribution in [0.5, 0.6) is 0 Å². The second kappa shape index (κ2) is 6.69. The third-order valence-electron chi connectivity index (χ3n) is 4.87. The van der Waals surface area contributed by atoms with E-state index in [1.54, 1.807) is 0 Å². The highest BCUT2D eigenvalue weighted by Gasteiger charge is 2.27. The van der Waals surface area contributed by atoms with Crippen LogP contribution in [0.1, 0.15) is 41.0 Å². The summed E-state index contributed by atoms with van der Waals surface area (Å²) in [6.07, 6.45) is 5.32. The molecule has 24 heavy (non-hydrogen) atoms. The summed E-state index contributed by atoms with van der Waals surface area (Å²) >= 11 is 3.51. The largest absolute Gasteiger partial charge is 0.349 e. The molecule has 1 atom stereocenters. The van der Waals surface area contributed by atoms with Gasteiger partial charge in [0.15, 0.2) is 5.69 Å². The number of carbonyl (C=O) groups excluding carboxylic acids is 1. The summed E-state index contributed by atoms with van der Waals surface area (Å²) in [5.74, 6) is -0.0457. The number of nitrogens with one attached hydrogen (secondary N) is 2. The molecule has 2 heterocycles. The molecular formula is C18H21BrN4O. The van der Waals surface area contributed by atoms with Gasteiger partial charge in [-0.2, -0.15) is 5.10 Å². The van der Waals surface area contributed by atoms with E-state index >= 15 is 0 Å². The van der Waals surface area contributed by atoms with E-state index in [-0.39, 0.29) is 5.91 Å². The molecule has 1 aliphatic carbocycles. The third kappa shape index (κ3) is 3.00. The van der Waals surface area contributed by atoms with Crippen LogP contribution in [0, 0.1) is 0 Å². The zero-order valence-electron chi connectivity index (χ0n) is 13.5. The Morgan fingerprint density at radius 3 is 3.08 bits per heavy atom. The molecule has 0 spiro atoms. The van der Waals surface area contributed by atoms with E-state index in [4.69, 9.17) is 0 Å². The molecule has 1 saturated heterocycles. The molecule has 1 aromatic carbocycles. The zero-order chi connectivity index (χ0) is 16.5. The van der Waals surface area contributed by atoms with E-state index in [0.717, 1.165) is 48.0 Å². The first kappa shape index (κ1) is 15.8. The number of hydrogen-bond acceptors (Lipinski definition) is 3. The molecule has 6 heteroatoms. The predicted octanol–water partition coefficient (Wildman–Crippen LogP) is 2.61. The molecule has 0 bridgehead atoms. The topological polar surface area (TPSA) is 59.0 Å². The fourth-order valence-corrected chi connectivity index (χ4v) is 4.06. The number of nitrogens with zero attached hydrogens (tertiary/aromatic N) is 2. The van der Waals surface area contributed by atoms with Crippen molar-refractivity contribution in [2.24, 2.45) is 0 Å². The van der Waals surface area contributed by atoms with Gasteiger partial charge < -0.3 is 10.6 Å². The second-order valence-corrected chi connectivity index (χ2v) is 7.44. The number of halogens is 1. The Bertz CT molecular complexity index is 764. The van der Waals surface area contributed by atoms with Gasteiger partial charge in [-0.1, -0.05) is 22.0 Å². The molecule has 1 unspecified atom stereocenters. The van der Waals surface area contributed by atoms with Crippen LogP contribution in [0.3, 0.4) is 0 Å². The van der Waals surface area contributed by atoms with Crippen molar-refractivity contribution in [3.63, 3.8) is 0 Å². The van der Waals surface area contributed by atoms with E-state index < -0.39 is 0 Å². The van der Waals surface area contributed by atoms with Crippen LogP contribution in [-0.2, 0) is 12.8 Å². The van der Waals surface area contributed by atoms with Crippen molar-refractivity contribution < 1.29 is 4.79 Å². The first-order chi connectivity index (χ1) is 11.7. The Labute approximate surface area is 149 Å². The molecule has 1 aromatic heterocycles. The van der Waals surface area contributed by atoms with Gasteiger partial charge in [-0.25, -0.2) is 4.68 Å². The lowest BCUT2D eigenvalue weighted by Gasteiger charge is -2.11. The highest BCUT2D eigenvalue weighted by molar-refractivity contribution is 9.10. The van der Waals surface area contributed by atoms with Crippen LogP contribution in [0.25, 0.3) is 5.69 Å². The van der Waals surface area contributed by atoms with Gasteiger partial charge in [-0.05, 0) is 56.8 Å². The van der Waals surface area contributed by atoms with E-state index in [9.17, 15) is 4.79 Å². The molecule has 0 saturated carbocycles. The predicted molar refractivity (Wildman–Crippen MR) is 96.6 cm³/mol. The van der Waals surface area contributed by atoms with Gasteiger partial charge in [0.1, 0.15) is 0 Å². The number of benzene rings is 1. The molecule has 1 amide bonds. The zero-order valence-corrected chi connectivity index (χ0v) is 15.1. The van der Waals surface area contributed by atoms with Gasteiger partial charge in [0.25, 0.3) is 5.91 Å². The van der Waals surface area contributed by atoms with Crippen LogP contribution < -0.4 is 10.6 Å². The molecule has 5 nitrogen and oxygen atoms in total. The first-order valence-electron chi connectivity index (χ1n) is 8.60. The maximum atomic E-state index is 12.6. The maximum Gasteiger partial charge on any atom is 0.272 e. The van der Waals surface area contributed by atoms with Crippen LogP contribution in [0.2, 0.25) is 0 Å².